The number of hydrogen-bond acceptors (Lipinski definition) is 6. The first-order chi connectivity index (χ1) is 8.60. The van der Waals surface area contributed by atoms with Crippen molar-refractivity contribution >= 4 is 18.0 Å². The van der Waals surface area contributed by atoms with Crippen molar-refractivity contribution in [2.24, 2.45) is 5.92 Å². The van der Waals surface area contributed by atoms with E-state index in [1.165, 1.54) is 13.2 Å². The summed E-state index contributed by atoms with van der Waals surface area (Å²) in [5, 5.41) is 17.6. The second-order valence-corrected chi connectivity index (χ2v) is 3.66. The molecule has 0 amide bonds. The van der Waals surface area contributed by atoms with Gasteiger partial charge in [-0.2, -0.15) is 0 Å². The molecule has 0 aromatic rings. The van der Waals surface area contributed by atoms with E-state index in [4.69, 9.17) is 10.2 Å². The molecule has 0 aromatic heterocycles. The Morgan fingerprint density at radius 3 is 2.39 bits per heavy atom. The molecular formula is C12H18O6. The fourth-order valence-corrected chi connectivity index (χ4v) is 1.45. The van der Waals surface area contributed by atoms with Crippen LogP contribution in [-0.4, -0.2) is 48.6 Å². The molecule has 0 aromatic carbocycles. The van der Waals surface area contributed by atoms with Crippen LogP contribution in [0.2, 0.25) is 0 Å². The average Bonchev–Trinajstić information content (AvgIpc) is 2.40. The van der Waals surface area contributed by atoms with Crippen LogP contribution < -0.4 is 0 Å². The van der Waals surface area contributed by atoms with Crippen molar-refractivity contribution in [1.29, 1.82) is 0 Å². The number of aldehydes is 1. The summed E-state index contributed by atoms with van der Waals surface area (Å²) in [6.45, 7) is -0.432. The molecule has 0 saturated carbocycles. The molecule has 0 saturated heterocycles. The summed E-state index contributed by atoms with van der Waals surface area (Å²) in [6, 6.07) is 0. The molecule has 0 fully saturated rings. The third kappa shape index (κ3) is 5.70. The lowest BCUT2D eigenvalue weighted by Gasteiger charge is -2.10. The molecule has 102 valence electrons. The number of aliphatic hydroxyl groups is 2. The number of rotatable bonds is 9. The molecule has 2 N–H and O–H groups in total. The number of allylic oxidation sites excluding steroid dienone is 1. The fraction of sp³-hybridized carbons (Fsp3) is 0.583. The lowest BCUT2D eigenvalue weighted by molar-refractivity contribution is -0.136. The predicted octanol–water partition coefficient (Wildman–Crippen LogP) is -0.375. The highest BCUT2D eigenvalue weighted by Gasteiger charge is 2.17. The maximum Gasteiger partial charge on any atom is 0.333 e. The Hall–Kier alpha value is -1.53. The van der Waals surface area contributed by atoms with Gasteiger partial charge in [0.25, 0.3) is 0 Å². The summed E-state index contributed by atoms with van der Waals surface area (Å²) in [5.74, 6) is -1.84. The van der Waals surface area contributed by atoms with E-state index in [0.717, 1.165) is 0 Å². The number of methoxy groups -OCH3 is 1. The first kappa shape index (κ1) is 16.5. The molecule has 1 unspecified atom stereocenters. The minimum atomic E-state index is -0.647. The molecule has 0 heterocycles. The van der Waals surface area contributed by atoms with Gasteiger partial charge in [-0.25, -0.2) is 4.79 Å². The van der Waals surface area contributed by atoms with E-state index in [-0.39, 0.29) is 44.3 Å². The highest BCUT2D eigenvalue weighted by molar-refractivity contribution is 6.26. The normalized spacial score (nSPS) is 12.9. The van der Waals surface area contributed by atoms with Crippen molar-refractivity contribution in [3.63, 3.8) is 0 Å². The van der Waals surface area contributed by atoms with Gasteiger partial charge in [-0.3, -0.25) is 9.59 Å². The number of carbonyl (C=O) groups is 3. The van der Waals surface area contributed by atoms with E-state index in [1.807, 2.05) is 0 Å². The summed E-state index contributed by atoms with van der Waals surface area (Å²) >= 11 is 0. The Morgan fingerprint density at radius 2 is 1.94 bits per heavy atom. The van der Waals surface area contributed by atoms with Crippen LogP contribution in [0, 0.1) is 5.92 Å². The topological polar surface area (TPSA) is 101 Å². The van der Waals surface area contributed by atoms with Crippen LogP contribution in [0.15, 0.2) is 11.6 Å². The lowest BCUT2D eigenvalue weighted by atomic mass is 9.95. The highest BCUT2D eigenvalue weighted by atomic mass is 16.5. The van der Waals surface area contributed by atoms with Crippen LogP contribution >= 0.6 is 0 Å². The zero-order chi connectivity index (χ0) is 14.0. The molecule has 6 nitrogen and oxygen atoms in total. The lowest BCUT2D eigenvalue weighted by Crippen LogP contribution is -2.17. The third-order valence-corrected chi connectivity index (χ3v) is 2.47. The van der Waals surface area contributed by atoms with Gasteiger partial charge in [-0.1, -0.05) is 6.08 Å². The minimum absolute atomic E-state index is 0.119. The first-order valence-corrected chi connectivity index (χ1v) is 5.58. The Balaban J connectivity index is 4.72. The molecule has 0 bridgehead atoms. The van der Waals surface area contributed by atoms with Gasteiger partial charge in [0.2, 0.25) is 0 Å². The Kier molecular flexibility index (Phi) is 8.69. The number of aliphatic hydroxyl groups excluding tert-OH is 2. The molecular weight excluding hydrogens is 240 g/mol. The van der Waals surface area contributed by atoms with Crippen molar-refractivity contribution in [2.75, 3.05) is 20.3 Å². The van der Waals surface area contributed by atoms with Gasteiger partial charge in [0.15, 0.2) is 12.1 Å². The smallest absolute Gasteiger partial charge is 0.333 e. The van der Waals surface area contributed by atoms with Crippen molar-refractivity contribution < 1.29 is 29.3 Å². The van der Waals surface area contributed by atoms with Crippen LogP contribution in [0.1, 0.15) is 19.3 Å². The quantitative estimate of drug-likeness (QED) is 0.253. The number of Topliss-reactive ketones (excluding diaryl/α,β-unsaturated/α-hetero) is 1. The second kappa shape index (κ2) is 9.49. The SMILES string of the molecule is COC(=O)C(=CCC(CCO)C(=O)C=O)CCO. The van der Waals surface area contributed by atoms with Crippen LogP contribution in [0.4, 0.5) is 0 Å². The van der Waals surface area contributed by atoms with Crippen molar-refractivity contribution in [3.05, 3.63) is 11.6 Å². The molecule has 0 aliphatic carbocycles. The average molecular weight is 258 g/mol. The van der Waals surface area contributed by atoms with Gasteiger partial charge in [0.05, 0.1) is 7.11 Å². The molecule has 0 spiro atoms. The van der Waals surface area contributed by atoms with Crippen molar-refractivity contribution in [3.8, 4) is 0 Å². The Morgan fingerprint density at radius 1 is 1.28 bits per heavy atom. The fourth-order valence-electron chi connectivity index (χ4n) is 1.45. The van der Waals surface area contributed by atoms with Gasteiger partial charge < -0.3 is 14.9 Å². The number of esters is 1. The number of ketones is 1. The maximum absolute atomic E-state index is 11.3. The van der Waals surface area contributed by atoms with Crippen molar-refractivity contribution in [1.82, 2.24) is 0 Å². The molecule has 18 heavy (non-hydrogen) atoms. The van der Waals surface area contributed by atoms with E-state index < -0.39 is 17.7 Å². The second-order valence-electron chi connectivity index (χ2n) is 3.66. The van der Waals surface area contributed by atoms with E-state index in [2.05, 4.69) is 4.74 Å². The van der Waals surface area contributed by atoms with Gasteiger partial charge >= 0.3 is 5.97 Å². The van der Waals surface area contributed by atoms with E-state index in [9.17, 15) is 14.4 Å². The number of hydrogen-bond donors (Lipinski definition) is 2. The standard InChI is InChI=1S/C12H18O6/c1-18-12(17)10(5-7-14)3-2-9(4-6-13)11(16)8-15/h3,8-9,13-14H,2,4-7H2,1H3. The molecule has 0 aliphatic rings. The zero-order valence-corrected chi connectivity index (χ0v) is 10.3. The van der Waals surface area contributed by atoms with E-state index in [0.29, 0.717) is 0 Å². The van der Waals surface area contributed by atoms with Crippen LogP contribution in [-0.2, 0) is 19.1 Å². The Bertz CT molecular complexity index is 321. The van der Waals surface area contributed by atoms with Crippen LogP contribution in [0.5, 0.6) is 0 Å². The Labute approximate surface area is 105 Å². The number of ether oxygens (including phenoxy) is 1. The zero-order valence-electron chi connectivity index (χ0n) is 10.3. The third-order valence-electron chi connectivity index (χ3n) is 2.47. The first-order valence-electron chi connectivity index (χ1n) is 5.58. The maximum atomic E-state index is 11.3. The summed E-state index contributed by atoms with van der Waals surface area (Å²) in [6.07, 6.45) is 2.10. The monoisotopic (exact) mass is 258 g/mol. The summed E-state index contributed by atoms with van der Waals surface area (Å²) in [7, 11) is 1.22. The summed E-state index contributed by atoms with van der Waals surface area (Å²) < 4.78 is 4.52. The van der Waals surface area contributed by atoms with E-state index in [1.54, 1.807) is 0 Å². The molecule has 0 aliphatic heterocycles. The number of carbonyl (C=O) groups excluding carboxylic acids is 3. The van der Waals surface area contributed by atoms with E-state index >= 15 is 0 Å². The largest absolute Gasteiger partial charge is 0.466 e. The van der Waals surface area contributed by atoms with Crippen LogP contribution in [0.3, 0.4) is 0 Å². The van der Waals surface area contributed by atoms with Gasteiger partial charge in [0.1, 0.15) is 0 Å². The minimum Gasteiger partial charge on any atom is -0.466 e. The highest BCUT2D eigenvalue weighted by Crippen LogP contribution is 2.13. The van der Waals surface area contributed by atoms with Gasteiger partial charge in [-0.15, -0.1) is 0 Å². The summed E-state index contributed by atoms with van der Waals surface area (Å²) in [5.41, 5.74) is 0.252. The van der Waals surface area contributed by atoms with Gasteiger partial charge in [0, 0.05) is 31.1 Å². The molecule has 0 rings (SSSR count). The summed E-state index contributed by atoms with van der Waals surface area (Å²) in [4.78, 5) is 32.9. The molecule has 6 heteroatoms. The molecule has 0 radical (unpaired) electrons. The van der Waals surface area contributed by atoms with Crippen LogP contribution in [0.25, 0.3) is 0 Å². The van der Waals surface area contributed by atoms with Crippen molar-refractivity contribution in [2.45, 2.75) is 19.3 Å². The van der Waals surface area contributed by atoms with Gasteiger partial charge in [-0.05, 0) is 12.8 Å². The molecule has 1 atom stereocenters. The predicted molar refractivity (Wildman–Crippen MR) is 62.7 cm³/mol.